The lowest BCUT2D eigenvalue weighted by Gasteiger charge is -2.43. The smallest absolute Gasteiger partial charge is 0.224 e. The lowest BCUT2D eigenvalue weighted by atomic mass is 9.85. The molecule has 4 rings (SSSR count). The molecule has 0 bridgehead atoms. The molecule has 1 fully saturated rings. The van der Waals surface area contributed by atoms with Gasteiger partial charge in [0, 0.05) is 37.2 Å². The highest BCUT2D eigenvalue weighted by Crippen LogP contribution is 2.30. The van der Waals surface area contributed by atoms with Gasteiger partial charge in [0.15, 0.2) is 0 Å². The van der Waals surface area contributed by atoms with E-state index in [0.717, 1.165) is 43.9 Å². The molecule has 190 valence electrons. The molecule has 1 saturated heterocycles. The predicted molar refractivity (Wildman–Crippen MR) is 148 cm³/mol. The zero-order valence-corrected chi connectivity index (χ0v) is 21.8. The average Bonchev–Trinajstić information content (AvgIpc) is 2.92. The highest BCUT2D eigenvalue weighted by molar-refractivity contribution is 5.90. The van der Waals surface area contributed by atoms with Crippen LogP contribution in [0, 0.1) is 5.92 Å². The summed E-state index contributed by atoms with van der Waals surface area (Å²) in [5.41, 5.74) is 3.52. The SMILES string of the molecule is COc1ccc(NC(=O)CC[C@H]2CN(CC(c3ccccc3)c3ccccc3)CC[C@H]2N(C)C)cc1. The number of likely N-dealkylation sites (tertiary alicyclic amines) is 1. The monoisotopic (exact) mass is 485 g/mol. The van der Waals surface area contributed by atoms with Gasteiger partial charge in [0.05, 0.1) is 7.11 Å². The Morgan fingerprint density at radius 1 is 0.972 bits per heavy atom. The Hall–Kier alpha value is -3.15. The number of nitrogens with one attached hydrogen (secondary N) is 1. The number of hydrogen-bond acceptors (Lipinski definition) is 4. The summed E-state index contributed by atoms with van der Waals surface area (Å²) in [6, 6.07) is 29.7. The third kappa shape index (κ3) is 6.96. The maximum atomic E-state index is 12.7. The Labute approximate surface area is 216 Å². The van der Waals surface area contributed by atoms with E-state index in [1.165, 1.54) is 11.1 Å². The molecule has 5 heteroatoms. The largest absolute Gasteiger partial charge is 0.497 e. The van der Waals surface area contributed by atoms with Gasteiger partial charge in [0.1, 0.15) is 5.75 Å². The van der Waals surface area contributed by atoms with Crippen LogP contribution >= 0.6 is 0 Å². The third-order valence-electron chi connectivity index (χ3n) is 7.40. The zero-order chi connectivity index (χ0) is 25.3. The number of anilines is 1. The van der Waals surface area contributed by atoms with Gasteiger partial charge >= 0.3 is 0 Å². The van der Waals surface area contributed by atoms with Crippen molar-refractivity contribution in [1.29, 1.82) is 0 Å². The molecule has 36 heavy (non-hydrogen) atoms. The fourth-order valence-corrected chi connectivity index (χ4v) is 5.47. The van der Waals surface area contributed by atoms with Crippen LogP contribution in [0.5, 0.6) is 5.75 Å². The van der Waals surface area contributed by atoms with Crippen molar-refractivity contribution in [2.45, 2.75) is 31.2 Å². The first kappa shape index (κ1) is 25.9. The van der Waals surface area contributed by atoms with Crippen molar-refractivity contribution in [3.05, 3.63) is 96.1 Å². The van der Waals surface area contributed by atoms with E-state index in [0.29, 0.717) is 24.3 Å². The van der Waals surface area contributed by atoms with Gasteiger partial charge in [-0.2, -0.15) is 0 Å². The van der Waals surface area contributed by atoms with Gasteiger partial charge in [-0.15, -0.1) is 0 Å². The Morgan fingerprint density at radius 2 is 1.58 bits per heavy atom. The van der Waals surface area contributed by atoms with Crippen molar-refractivity contribution in [1.82, 2.24) is 9.80 Å². The number of benzene rings is 3. The molecular formula is C31H39N3O2. The number of ether oxygens (including phenoxy) is 1. The summed E-state index contributed by atoms with van der Waals surface area (Å²) in [7, 11) is 5.98. The summed E-state index contributed by atoms with van der Waals surface area (Å²) in [5, 5.41) is 3.04. The number of methoxy groups -OCH3 is 1. The second-order valence-electron chi connectivity index (χ2n) is 10.0. The number of carbonyl (C=O) groups excluding carboxylic acids is 1. The molecule has 0 aliphatic carbocycles. The van der Waals surface area contributed by atoms with E-state index in [9.17, 15) is 4.79 Å². The lowest BCUT2D eigenvalue weighted by Crippen LogP contribution is -2.49. The summed E-state index contributed by atoms with van der Waals surface area (Å²) in [4.78, 5) is 17.7. The van der Waals surface area contributed by atoms with Crippen molar-refractivity contribution in [2.24, 2.45) is 5.92 Å². The fraction of sp³-hybridized carbons (Fsp3) is 0.387. The number of rotatable bonds is 10. The highest BCUT2D eigenvalue weighted by atomic mass is 16.5. The van der Waals surface area contributed by atoms with E-state index >= 15 is 0 Å². The van der Waals surface area contributed by atoms with E-state index in [-0.39, 0.29) is 5.91 Å². The van der Waals surface area contributed by atoms with Gasteiger partial charge < -0.3 is 19.9 Å². The van der Waals surface area contributed by atoms with E-state index in [4.69, 9.17) is 4.74 Å². The predicted octanol–water partition coefficient (Wildman–Crippen LogP) is 5.50. The van der Waals surface area contributed by atoms with Crippen LogP contribution in [-0.4, -0.2) is 62.6 Å². The van der Waals surface area contributed by atoms with E-state index in [1.807, 2.05) is 24.3 Å². The van der Waals surface area contributed by atoms with Gasteiger partial charge in [0.2, 0.25) is 5.91 Å². The van der Waals surface area contributed by atoms with Crippen LogP contribution in [0.2, 0.25) is 0 Å². The molecule has 5 nitrogen and oxygen atoms in total. The Bertz CT molecular complexity index is 1030. The molecule has 1 aliphatic rings. The summed E-state index contributed by atoms with van der Waals surface area (Å²) < 4.78 is 5.21. The molecule has 3 aromatic rings. The molecule has 0 radical (unpaired) electrons. The van der Waals surface area contributed by atoms with Crippen LogP contribution in [0.1, 0.15) is 36.3 Å². The summed E-state index contributed by atoms with van der Waals surface area (Å²) in [6.45, 7) is 3.07. The third-order valence-corrected chi connectivity index (χ3v) is 7.40. The standard InChI is InChI=1S/C31H39N3O2/c1-33(2)30-20-21-34(23-29(24-10-6-4-7-11-24)25-12-8-5-9-13-25)22-26(30)14-19-31(35)32-27-15-17-28(36-3)18-16-27/h4-13,15-18,26,29-30H,14,19-23H2,1-3H3,(H,32,35)/t26-,30+/m0/s1. The van der Waals surface area contributed by atoms with Crippen LogP contribution in [0.15, 0.2) is 84.9 Å². The Balaban J connectivity index is 1.40. The molecule has 0 aromatic heterocycles. The quantitative estimate of drug-likeness (QED) is 0.412. The molecule has 0 spiro atoms. The number of piperidine rings is 1. The van der Waals surface area contributed by atoms with Crippen LogP contribution in [0.4, 0.5) is 5.69 Å². The second kappa shape index (κ2) is 12.7. The van der Waals surface area contributed by atoms with Gasteiger partial charge in [-0.05, 0) is 74.8 Å². The first-order valence-corrected chi connectivity index (χ1v) is 13.0. The second-order valence-corrected chi connectivity index (χ2v) is 10.0. The maximum absolute atomic E-state index is 12.7. The van der Waals surface area contributed by atoms with Gasteiger partial charge in [-0.1, -0.05) is 60.7 Å². The molecule has 0 unspecified atom stereocenters. The minimum Gasteiger partial charge on any atom is -0.497 e. The first-order chi connectivity index (χ1) is 17.5. The van der Waals surface area contributed by atoms with Crippen molar-refractivity contribution in [3.63, 3.8) is 0 Å². The number of nitrogens with zero attached hydrogens (tertiary/aromatic N) is 2. The topological polar surface area (TPSA) is 44.8 Å². The minimum absolute atomic E-state index is 0.0706. The summed E-state index contributed by atoms with van der Waals surface area (Å²) in [6.07, 6.45) is 2.52. The lowest BCUT2D eigenvalue weighted by molar-refractivity contribution is -0.116. The van der Waals surface area contributed by atoms with E-state index < -0.39 is 0 Å². The normalized spacial score (nSPS) is 18.4. The Morgan fingerprint density at radius 3 is 2.14 bits per heavy atom. The van der Waals surface area contributed by atoms with Crippen LogP contribution in [0.3, 0.4) is 0 Å². The van der Waals surface area contributed by atoms with Crippen LogP contribution < -0.4 is 10.1 Å². The number of hydrogen-bond donors (Lipinski definition) is 1. The maximum Gasteiger partial charge on any atom is 0.224 e. The molecule has 1 aliphatic heterocycles. The Kier molecular flexibility index (Phi) is 9.15. The molecule has 1 N–H and O–H groups in total. The molecule has 0 saturated carbocycles. The molecule has 2 atom stereocenters. The fourth-order valence-electron chi connectivity index (χ4n) is 5.47. The van der Waals surface area contributed by atoms with Gasteiger partial charge in [-0.3, -0.25) is 4.79 Å². The van der Waals surface area contributed by atoms with Crippen molar-refractivity contribution in [2.75, 3.05) is 46.2 Å². The highest BCUT2D eigenvalue weighted by Gasteiger charge is 2.32. The van der Waals surface area contributed by atoms with Crippen molar-refractivity contribution in [3.8, 4) is 5.75 Å². The van der Waals surface area contributed by atoms with Crippen LogP contribution in [-0.2, 0) is 4.79 Å². The zero-order valence-electron chi connectivity index (χ0n) is 21.8. The minimum atomic E-state index is 0.0706. The van der Waals surface area contributed by atoms with Gasteiger partial charge in [0.25, 0.3) is 0 Å². The summed E-state index contributed by atoms with van der Waals surface area (Å²) >= 11 is 0. The van der Waals surface area contributed by atoms with Gasteiger partial charge in [-0.25, -0.2) is 0 Å². The first-order valence-electron chi connectivity index (χ1n) is 13.0. The van der Waals surface area contributed by atoms with Crippen molar-refractivity contribution >= 4 is 11.6 Å². The van der Waals surface area contributed by atoms with Crippen molar-refractivity contribution < 1.29 is 9.53 Å². The van der Waals surface area contributed by atoms with E-state index in [2.05, 4.69) is 89.9 Å². The molecular weight excluding hydrogens is 446 g/mol. The molecule has 1 amide bonds. The van der Waals surface area contributed by atoms with Crippen LogP contribution in [0.25, 0.3) is 0 Å². The molecule has 1 heterocycles. The average molecular weight is 486 g/mol. The number of amides is 1. The van der Waals surface area contributed by atoms with E-state index in [1.54, 1.807) is 7.11 Å². The summed E-state index contributed by atoms with van der Waals surface area (Å²) in [5.74, 6) is 1.64. The number of carbonyl (C=O) groups is 1. The molecule has 3 aromatic carbocycles.